The molecule has 0 radical (unpaired) electrons. The smallest absolute Gasteiger partial charge is 0.355 e. The lowest BCUT2D eigenvalue weighted by molar-refractivity contribution is 0.0690. The maximum absolute atomic E-state index is 12.2. The summed E-state index contributed by atoms with van der Waals surface area (Å²) in [6.07, 6.45) is 0.470. The maximum atomic E-state index is 12.2. The van der Waals surface area contributed by atoms with Gasteiger partial charge in [0.2, 0.25) is 0 Å². The number of rotatable bonds is 8. The van der Waals surface area contributed by atoms with Crippen LogP contribution < -0.4 is 14.8 Å². The Bertz CT molecular complexity index is 757. The van der Waals surface area contributed by atoms with Crippen molar-refractivity contribution in [1.29, 1.82) is 0 Å². The van der Waals surface area contributed by atoms with Crippen molar-refractivity contribution in [2.75, 3.05) is 13.7 Å². The molecule has 0 saturated carbocycles. The van der Waals surface area contributed by atoms with Crippen molar-refractivity contribution in [1.82, 2.24) is 10.3 Å². The molecule has 0 aliphatic rings. The first-order valence-corrected chi connectivity index (χ1v) is 8.59. The van der Waals surface area contributed by atoms with Crippen LogP contribution in [-0.2, 0) is 6.42 Å². The van der Waals surface area contributed by atoms with Crippen LogP contribution in [0.1, 0.15) is 39.7 Å². The summed E-state index contributed by atoms with van der Waals surface area (Å²) in [6, 6.07) is 4.99. The van der Waals surface area contributed by atoms with Gasteiger partial charge in [-0.1, -0.05) is 0 Å². The topological polar surface area (TPSA) is 97.8 Å². The highest BCUT2D eigenvalue weighted by Crippen LogP contribution is 2.28. The van der Waals surface area contributed by atoms with Gasteiger partial charge in [0.05, 0.1) is 18.2 Å². The molecule has 2 rings (SSSR count). The van der Waals surface area contributed by atoms with E-state index < -0.39 is 5.97 Å². The number of nitrogens with zero attached hydrogens (tertiary/aromatic N) is 1. The zero-order valence-corrected chi connectivity index (χ0v) is 15.1. The first kappa shape index (κ1) is 18.7. The standard InChI is InChI=1S/C17H20N2O5S/c1-10(2)24-13-5-4-11(8-14(13)23-3)16(20)18-7-6-15-19-12(9-25-15)17(21)22/h4-5,8-10H,6-7H2,1-3H3,(H,18,20)(H,21,22). The van der Waals surface area contributed by atoms with Crippen molar-refractivity contribution in [3.63, 3.8) is 0 Å². The number of carboxylic acid groups (broad SMARTS) is 1. The fourth-order valence-electron chi connectivity index (χ4n) is 2.07. The second-order valence-corrected chi connectivity index (χ2v) is 6.41. The molecule has 1 amide bonds. The van der Waals surface area contributed by atoms with E-state index in [0.717, 1.165) is 0 Å². The number of hydrogen-bond acceptors (Lipinski definition) is 6. The molecule has 25 heavy (non-hydrogen) atoms. The highest BCUT2D eigenvalue weighted by atomic mass is 32.1. The molecule has 0 fully saturated rings. The molecule has 0 atom stereocenters. The summed E-state index contributed by atoms with van der Waals surface area (Å²) in [5.41, 5.74) is 0.482. The summed E-state index contributed by atoms with van der Waals surface area (Å²) in [5.74, 6) is -0.225. The van der Waals surface area contributed by atoms with Gasteiger partial charge in [-0.2, -0.15) is 0 Å². The van der Waals surface area contributed by atoms with Gasteiger partial charge in [0.15, 0.2) is 17.2 Å². The van der Waals surface area contributed by atoms with Crippen molar-refractivity contribution in [2.24, 2.45) is 0 Å². The third-order valence-corrected chi connectivity index (χ3v) is 4.09. The first-order chi connectivity index (χ1) is 11.9. The molecule has 0 aliphatic heterocycles. The van der Waals surface area contributed by atoms with Gasteiger partial charge in [-0.05, 0) is 32.0 Å². The zero-order chi connectivity index (χ0) is 18.4. The molecule has 1 aromatic carbocycles. The van der Waals surface area contributed by atoms with Gasteiger partial charge in [0.1, 0.15) is 0 Å². The molecule has 2 N–H and O–H groups in total. The number of aromatic nitrogens is 1. The maximum Gasteiger partial charge on any atom is 0.355 e. The Balaban J connectivity index is 1.94. The van der Waals surface area contributed by atoms with Gasteiger partial charge in [-0.3, -0.25) is 4.79 Å². The van der Waals surface area contributed by atoms with Crippen molar-refractivity contribution in [3.05, 3.63) is 39.8 Å². The number of carbonyl (C=O) groups is 2. The van der Waals surface area contributed by atoms with E-state index in [-0.39, 0.29) is 17.7 Å². The molecule has 7 nitrogen and oxygen atoms in total. The molecule has 134 valence electrons. The lowest BCUT2D eigenvalue weighted by Crippen LogP contribution is -2.25. The Hall–Kier alpha value is -2.61. The Morgan fingerprint density at radius 1 is 1.32 bits per heavy atom. The average molecular weight is 364 g/mol. The number of nitrogens with one attached hydrogen (secondary N) is 1. The van der Waals surface area contributed by atoms with E-state index in [1.54, 1.807) is 18.2 Å². The van der Waals surface area contributed by atoms with Gasteiger partial charge in [-0.25, -0.2) is 9.78 Å². The summed E-state index contributed by atoms with van der Waals surface area (Å²) < 4.78 is 10.9. The highest BCUT2D eigenvalue weighted by Gasteiger charge is 2.13. The number of methoxy groups -OCH3 is 1. The minimum absolute atomic E-state index is 0.00238. The molecule has 0 spiro atoms. The number of carbonyl (C=O) groups excluding carboxylic acids is 1. The van der Waals surface area contributed by atoms with Gasteiger partial charge in [0.25, 0.3) is 5.91 Å². The predicted octanol–water partition coefficient (Wildman–Crippen LogP) is 2.61. The summed E-state index contributed by atoms with van der Waals surface area (Å²) in [4.78, 5) is 27.0. The number of aromatic carboxylic acids is 1. The Morgan fingerprint density at radius 3 is 2.68 bits per heavy atom. The number of thiazole rings is 1. The van der Waals surface area contributed by atoms with Gasteiger partial charge in [0, 0.05) is 23.9 Å². The molecule has 0 unspecified atom stereocenters. The summed E-state index contributed by atoms with van der Waals surface area (Å²) in [5, 5.41) is 13.8. The average Bonchev–Trinajstić information content (AvgIpc) is 3.03. The van der Waals surface area contributed by atoms with E-state index in [1.165, 1.54) is 23.8 Å². The quantitative estimate of drug-likeness (QED) is 0.747. The second kappa shape index (κ2) is 8.48. The van der Waals surface area contributed by atoms with Crippen LogP contribution in [0.5, 0.6) is 11.5 Å². The Kier molecular flexibility index (Phi) is 6.35. The normalized spacial score (nSPS) is 10.6. The third-order valence-electron chi connectivity index (χ3n) is 3.18. The number of benzene rings is 1. The minimum Gasteiger partial charge on any atom is -0.493 e. The van der Waals surface area contributed by atoms with Crippen LogP contribution in [0.2, 0.25) is 0 Å². The Morgan fingerprint density at radius 2 is 2.08 bits per heavy atom. The molecule has 2 aromatic rings. The van der Waals surface area contributed by atoms with Crippen LogP contribution in [0.4, 0.5) is 0 Å². The molecule has 1 heterocycles. The van der Waals surface area contributed by atoms with Crippen LogP contribution in [-0.4, -0.2) is 41.7 Å². The van der Waals surface area contributed by atoms with Crippen molar-refractivity contribution >= 4 is 23.2 Å². The van der Waals surface area contributed by atoms with Gasteiger partial charge < -0.3 is 19.9 Å². The first-order valence-electron chi connectivity index (χ1n) is 7.71. The summed E-state index contributed by atoms with van der Waals surface area (Å²) in [6.45, 7) is 4.18. The predicted molar refractivity (Wildman–Crippen MR) is 93.9 cm³/mol. The number of amides is 1. The lowest BCUT2D eigenvalue weighted by atomic mass is 10.2. The zero-order valence-electron chi connectivity index (χ0n) is 14.2. The minimum atomic E-state index is -1.05. The van der Waals surface area contributed by atoms with E-state index in [1.807, 2.05) is 13.8 Å². The van der Waals surface area contributed by atoms with E-state index >= 15 is 0 Å². The largest absolute Gasteiger partial charge is 0.493 e. The fraction of sp³-hybridized carbons (Fsp3) is 0.353. The second-order valence-electron chi connectivity index (χ2n) is 5.47. The van der Waals surface area contributed by atoms with Crippen LogP contribution >= 0.6 is 11.3 Å². The highest BCUT2D eigenvalue weighted by molar-refractivity contribution is 7.09. The molecule has 0 bridgehead atoms. The van der Waals surface area contributed by atoms with Crippen LogP contribution in [0.15, 0.2) is 23.6 Å². The SMILES string of the molecule is COc1cc(C(=O)NCCc2nc(C(=O)O)cs2)ccc1OC(C)C. The van der Waals surface area contributed by atoms with E-state index in [4.69, 9.17) is 14.6 Å². The van der Waals surface area contributed by atoms with Crippen molar-refractivity contribution in [2.45, 2.75) is 26.4 Å². The number of ether oxygens (including phenoxy) is 2. The molecular weight excluding hydrogens is 344 g/mol. The molecule has 0 saturated heterocycles. The monoisotopic (exact) mass is 364 g/mol. The summed E-state index contributed by atoms with van der Waals surface area (Å²) in [7, 11) is 1.52. The van der Waals surface area contributed by atoms with Gasteiger partial charge >= 0.3 is 5.97 Å². The summed E-state index contributed by atoms with van der Waals surface area (Å²) >= 11 is 1.26. The lowest BCUT2D eigenvalue weighted by Gasteiger charge is -2.14. The van der Waals surface area contributed by atoms with Crippen LogP contribution in [0, 0.1) is 0 Å². The molecule has 8 heteroatoms. The van der Waals surface area contributed by atoms with E-state index in [0.29, 0.717) is 35.0 Å². The van der Waals surface area contributed by atoms with Crippen LogP contribution in [0.25, 0.3) is 0 Å². The number of carboxylic acids is 1. The molecule has 1 aromatic heterocycles. The molecular formula is C17H20N2O5S. The van der Waals surface area contributed by atoms with Gasteiger partial charge in [-0.15, -0.1) is 11.3 Å². The number of hydrogen-bond donors (Lipinski definition) is 2. The Labute approximate surface area is 149 Å². The third kappa shape index (κ3) is 5.18. The molecule has 0 aliphatic carbocycles. The van der Waals surface area contributed by atoms with Crippen molar-refractivity contribution < 1.29 is 24.2 Å². The van der Waals surface area contributed by atoms with E-state index in [9.17, 15) is 9.59 Å². The fourth-order valence-corrected chi connectivity index (χ4v) is 2.84. The van der Waals surface area contributed by atoms with Crippen LogP contribution in [0.3, 0.4) is 0 Å². The van der Waals surface area contributed by atoms with Crippen molar-refractivity contribution in [3.8, 4) is 11.5 Å². The van der Waals surface area contributed by atoms with E-state index in [2.05, 4.69) is 10.3 Å².